The minimum atomic E-state index is -0.468. The predicted molar refractivity (Wildman–Crippen MR) is 167 cm³/mol. The van der Waals surface area contributed by atoms with Crippen molar-refractivity contribution in [1.29, 1.82) is 0 Å². The van der Waals surface area contributed by atoms with Crippen LogP contribution < -0.4 is 9.47 Å². The molecule has 0 saturated carbocycles. The number of nitrogens with zero attached hydrogens (tertiary/aromatic N) is 2. The van der Waals surface area contributed by atoms with Gasteiger partial charge in [0.15, 0.2) is 11.5 Å². The van der Waals surface area contributed by atoms with Crippen molar-refractivity contribution in [2.75, 3.05) is 6.61 Å². The Morgan fingerprint density at radius 1 is 0.786 bits per heavy atom. The Morgan fingerprint density at radius 2 is 1.33 bits per heavy atom. The van der Waals surface area contributed by atoms with E-state index in [1.54, 1.807) is 6.21 Å². The van der Waals surface area contributed by atoms with Gasteiger partial charge >= 0.3 is 0 Å². The van der Waals surface area contributed by atoms with Gasteiger partial charge in [-0.25, -0.2) is 0 Å². The second-order valence-electron chi connectivity index (χ2n) is 10.7. The van der Waals surface area contributed by atoms with E-state index in [0.29, 0.717) is 34.7 Å². The number of carbonyl (C=O) groups excluding carboxylic acids is 2. The van der Waals surface area contributed by atoms with Gasteiger partial charge in [0.05, 0.1) is 29.1 Å². The molecule has 0 radical (unpaired) electrons. The molecule has 1 fully saturated rings. The van der Waals surface area contributed by atoms with Gasteiger partial charge in [-0.1, -0.05) is 76.6 Å². The summed E-state index contributed by atoms with van der Waals surface area (Å²) in [6.07, 6.45) is 1.54. The van der Waals surface area contributed by atoms with Gasteiger partial charge in [-0.3, -0.25) is 9.59 Å². The van der Waals surface area contributed by atoms with Gasteiger partial charge in [0.25, 0.3) is 11.8 Å². The lowest BCUT2D eigenvalue weighted by molar-refractivity contribution is -0.139. The molecule has 42 heavy (non-hydrogen) atoms. The number of carbonyl (C=O) groups is 2. The molecule has 4 aromatic rings. The van der Waals surface area contributed by atoms with Crippen molar-refractivity contribution in [3.63, 3.8) is 0 Å². The summed E-state index contributed by atoms with van der Waals surface area (Å²) in [5.74, 6) is -0.646. The highest BCUT2D eigenvalue weighted by molar-refractivity contribution is 9.10. The van der Waals surface area contributed by atoms with Gasteiger partial charge in [0, 0.05) is 16.3 Å². The Kier molecular flexibility index (Phi) is 6.98. The zero-order valence-electron chi connectivity index (χ0n) is 22.7. The Balaban J connectivity index is 1.18. The fourth-order valence-corrected chi connectivity index (χ4v) is 7.54. The molecule has 0 spiro atoms. The van der Waals surface area contributed by atoms with Crippen LogP contribution in [-0.4, -0.2) is 29.6 Å². The Morgan fingerprint density at radius 3 is 1.86 bits per heavy atom. The van der Waals surface area contributed by atoms with Crippen LogP contribution in [0.3, 0.4) is 0 Å². The summed E-state index contributed by atoms with van der Waals surface area (Å²) in [5.41, 5.74) is 6.24. The number of halogens is 2. The molecule has 3 aliphatic carbocycles. The molecule has 1 heterocycles. The minimum absolute atomic E-state index is 0.162. The minimum Gasteiger partial charge on any atom is -0.490 e. The highest BCUT2D eigenvalue weighted by Crippen LogP contribution is 2.61. The second kappa shape index (κ2) is 10.8. The molecule has 4 aliphatic rings. The molecule has 8 rings (SSSR count). The maximum Gasteiger partial charge on any atom is 0.254 e. The van der Waals surface area contributed by atoms with E-state index in [1.165, 1.54) is 0 Å². The van der Waals surface area contributed by atoms with E-state index in [2.05, 4.69) is 61.2 Å². The molecular formula is C34H26Br2N2O4. The largest absolute Gasteiger partial charge is 0.490 e. The van der Waals surface area contributed by atoms with Crippen LogP contribution in [-0.2, 0) is 16.2 Å². The number of imide groups is 1. The number of rotatable bonds is 7. The molecule has 0 aromatic heterocycles. The van der Waals surface area contributed by atoms with Gasteiger partial charge in [-0.05, 0) is 80.5 Å². The molecule has 8 heteroatoms. The standard InChI is InChI=1S/C34H26Br2N2O4/c1-2-41-27-16-20(15-26(36)32(27)42-18-19-11-13-21(35)14-12-19)17-37-38-33(39)30-28-22-7-3-4-8-23(22)29(31(30)34(38)40)25-10-6-5-9-24(25)28/h3-17,28-31H,2,18H2,1H3/b37-17-/t28?,29?,30-,31-/m1/s1. The van der Waals surface area contributed by atoms with E-state index in [1.807, 2.05) is 67.6 Å². The highest BCUT2D eigenvalue weighted by atomic mass is 79.9. The smallest absolute Gasteiger partial charge is 0.254 e. The van der Waals surface area contributed by atoms with Crippen LogP contribution in [0.15, 0.2) is 99.0 Å². The lowest BCUT2D eigenvalue weighted by Crippen LogP contribution is -2.41. The predicted octanol–water partition coefficient (Wildman–Crippen LogP) is 7.42. The molecule has 2 bridgehead atoms. The van der Waals surface area contributed by atoms with E-state index in [4.69, 9.17) is 9.47 Å². The van der Waals surface area contributed by atoms with E-state index >= 15 is 0 Å². The second-order valence-corrected chi connectivity index (χ2v) is 12.4. The third-order valence-electron chi connectivity index (χ3n) is 8.38. The highest BCUT2D eigenvalue weighted by Gasteiger charge is 2.61. The molecule has 2 atom stereocenters. The Hall–Kier alpha value is -3.75. The molecule has 0 N–H and O–H groups in total. The monoisotopic (exact) mass is 684 g/mol. The van der Waals surface area contributed by atoms with E-state index in [-0.39, 0.29) is 23.7 Å². The Labute approximate surface area is 260 Å². The van der Waals surface area contributed by atoms with Crippen LogP contribution in [0.25, 0.3) is 0 Å². The Bertz CT molecular complexity index is 1640. The number of hydrogen-bond acceptors (Lipinski definition) is 5. The van der Waals surface area contributed by atoms with E-state index in [0.717, 1.165) is 37.3 Å². The number of hydrazone groups is 1. The fraction of sp³-hybridized carbons (Fsp3) is 0.206. The van der Waals surface area contributed by atoms with Crippen molar-refractivity contribution in [2.24, 2.45) is 16.9 Å². The average Bonchev–Trinajstić information content (AvgIpc) is 3.26. The van der Waals surface area contributed by atoms with Crippen molar-refractivity contribution in [2.45, 2.75) is 25.4 Å². The first kappa shape index (κ1) is 27.1. The topological polar surface area (TPSA) is 68.2 Å². The molecule has 2 amide bonds. The van der Waals surface area contributed by atoms with Gasteiger partial charge in [0.2, 0.25) is 0 Å². The van der Waals surface area contributed by atoms with Gasteiger partial charge in [-0.2, -0.15) is 10.1 Å². The summed E-state index contributed by atoms with van der Waals surface area (Å²) in [6, 6.07) is 28.0. The molecule has 210 valence electrons. The van der Waals surface area contributed by atoms with Crippen LogP contribution in [0.4, 0.5) is 0 Å². The first-order valence-electron chi connectivity index (χ1n) is 13.9. The molecule has 0 unspecified atom stereocenters. The fourth-order valence-electron chi connectivity index (χ4n) is 6.70. The van der Waals surface area contributed by atoms with E-state index in [9.17, 15) is 9.59 Å². The third kappa shape index (κ3) is 4.39. The number of amides is 2. The average molecular weight is 686 g/mol. The summed E-state index contributed by atoms with van der Waals surface area (Å²) in [7, 11) is 0. The van der Waals surface area contributed by atoms with Crippen LogP contribution in [0.5, 0.6) is 11.5 Å². The first-order valence-corrected chi connectivity index (χ1v) is 15.5. The summed E-state index contributed by atoms with van der Waals surface area (Å²) < 4.78 is 13.7. The molecule has 1 aliphatic heterocycles. The van der Waals surface area contributed by atoms with Crippen molar-refractivity contribution in [3.05, 3.63) is 127 Å². The van der Waals surface area contributed by atoms with Gasteiger partial charge in [-0.15, -0.1) is 0 Å². The molecular weight excluding hydrogens is 660 g/mol. The van der Waals surface area contributed by atoms with Crippen molar-refractivity contribution >= 4 is 49.9 Å². The van der Waals surface area contributed by atoms with E-state index < -0.39 is 11.8 Å². The van der Waals surface area contributed by atoms with Crippen molar-refractivity contribution in [3.8, 4) is 11.5 Å². The van der Waals surface area contributed by atoms with Crippen LogP contribution >= 0.6 is 31.9 Å². The van der Waals surface area contributed by atoms with Crippen molar-refractivity contribution < 1.29 is 19.1 Å². The summed E-state index contributed by atoms with van der Waals surface area (Å²) >= 11 is 7.07. The molecule has 4 aromatic carbocycles. The maximum absolute atomic E-state index is 13.8. The van der Waals surface area contributed by atoms with Crippen LogP contribution in [0.1, 0.15) is 52.1 Å². The van der Waals surface area contributed by atoms with Gasteiger partial charge in [0.1, 0.15) is 6.61 Å². The van der Waals surface area contributed by atoms with Crippen LogP contribution in [0.2, 0.25) is 0 Å². The summed E-state index contributed by atoms with van der Waals surface area (Å²) in [5, 5.41) is 5.55. The third-order valence-corrected chi connectivity index (χ3v) is 9.49. The first-order chi connectivity index (χ1) is 20.5. The lowest BCUT2D eigenvalue weighted by atomic mass is 9.55. The zero-order valence-corrected chi connectivity index (χ0v) is 25.8. The number of ether oxygens (including phenoxy) is 2. The van der Waals surface area contributed by atoms with Crippen molar-refractivity contribution in [1.82, 2.24) is 5.01 Å². The number of hydrogen-bond donors (Lipinski definition) is 0. The summed E-state index contributed by atoms with van der Waals surface area (Å²) in [6.45, 7) is 2.71. The zero-order chi connectivity index (χ0) is 29.0. The molecule has 1 saturated heterocycles. The number of benzene rings is 4. The lowest BCUT2D eigenvalue weighted by Gasteiger charge is -2.45. The maximum atomic E-state index is 13.8. The normalized spacial score (nSPS) is 21.8. The SMILES string of the molecule is CCOc1cc(/C=N\N2C(=O)[C@@H]3C4c5ccccc5C(c5ccccc54)[C@H]3C2=O)cc(Br)c1OCc1ccc(Br)cc1. The van der Waals surface area contributed by atoms with Gasteiger partial charge < -0.3 is 9.47 Å². The van der Waals surface area contributed by atoms with Crippen LogP contribution in [0, 0.1) is 11.8 Å². The molecule has 6 nitrogen and oxygen atoms in total. The quantitative estimate of drug-likeness (QED) is 0.150. The summed E-state index contributed by atoms with van der Waals surface area (Å²) in [4.78, 5) is 27.7.